The number of anilines is 2. The molecule has 0 bridgehead atoms. The number of hydrogen-bond acceptors (Lipinski definition) is 4. The van der Waals surface area contributed by atoms with Crippen LogP contribution in [0.2, 0.25) is 0 Å². The summed E-state index contributed by atoms with van der Waals surface area (Å²) in [7, 11) is 0. The Labute approximate surface area is 103 Å². The van der Waals surface area contributed by atoms with Gasteiger partial charge in [0.05, 0.1) is 12.4 Å². The lowest BCUT2D eigenvalue weighted by molar-refractivity contribution is 0.536. The average molecular weight is 234 g/mol. The molecule has 0 radical (unpaired) electrons. The van der Waals surface area contributed by atoms with Gasteiger partial charge in [-0.3, -0.25) is 4.98 Å². The average Bonchev–Trinajstić information content (AvgIpc) is 2.74. The molecule has 94 valence electrons. The summed E-state index contributed by atoms with van der Waals surface area (Å²) in [5.41, 5.74) is 0. The molecular formula is C13H22N4. The SMILES string of the molecule is CCNc1cncc(NCC2CCC(C)C2)n1. The summed E-state index contributed by atoms with van der Waals surface area (Å²) in [4.78, 5) is 8.63. The summed E-state index contributed by atoms with van der Waals surface area (Å²) in [6, 6.07) is 0. The normalized spacial score (nSPS) is 23.6. The lowest BCUT2D eigenvalue weighted by Gasteiger charge is -2.12. The number of nitrogens with one attached hydrogen (secondary N) is 2. The Morgan fingerprint density at radius 3 is 2.65 bits per heavy atom. The minimum Gasteiger partial charge on any atom is -0.369 e. The second kappa shape index (κ2) is 5.84. The number of nitrogens with zero attached hydrogens (tertiary/aromatic N) is 2. The quantitative estimate of drug-likeness (QED) is 0.822. The second-order valence-corrected chi connectivity index (χ2v) is 4.99. The topological polar surface area (TPSA) is 49.8 Å². The molecule has 4 nitrogen and oxygen atoms in total. The summed E-state index contributed by atoms with van der Waals surface area (Å²) in [5.74, 6) is 3.41. The fourth-order valence-electron chi connectivity index (χ4n) is 2.48. The molecule has 0 amide bonds. The van der Waals surface area contributed by atoms with Gasteiger partial charge in [-0.25, -0.2) is 4.98 Å². The van der Waals surface area contributed by atoms with E-state index in [1.54, 1.807) is 12.4 Å². The molecule has 2 unspecified atom stereocenters. The van der Waals surface area contributed by atoms with Gasteiger partial charge in [0.15, 0.2) is 0 Å². The molecule has 17 heavy (non-hydrogen) atoms. The van der Waals surface area contributed by atoms with E-state index >= 15 is 0 Å². The minimum absolute atomic E-state index is 0.801. The van der Waals surface area contributed by atoms with Crippen LogP contribution in [0.4, 0.5) is 11.6 Å². The van der Waals surface area contributed by atoms with Crippen molar-refractivity contribution in [1.29, 1.82) is 0 Å². The molecule has 2 N–H and O–H groups in total. The molecule has 0 saturated heterocycles. The van der Waals surface area contributed by atoms with Crippen molar-refractivity contribution < 1.29 is 0 Å². The lowest BCUT2D eigenvalue weighted by atomic mass is 10.1. The Bertz CT molecular complexity index is 353. The fraction of sp³-hybridized carbons (Fsp3) is 0.692. The van der Waals surface area contributed by atoms with Gasteiger partial charge in [-0.05, 0) is 31.6 Å². The van der Waals surface area contributed by atoms with Crippen LogP contribution < -0.4 is 10.6 Å². The van der Waals surface area contributed by atoms with Crippen LogP contribution in [-0.2, 0) is 0 Å². The van der Waals surface area contributed by atoms with Crippen LogP contribution in [0, 0.1) is 11.8 Å². The Morgan fingerprint density at radius 1 is 1.24 bits per heavy atom. The summed E-state index contributed by atoms with van der Waals surface area (Å²) < 4.78 is 0. The first-order chi connectivity index (χ1) is 8.28. The molecule has 4 heteroatoms. The highest BCUT2D eigenvalue weighted by atomic mass is 15.1. The molecule has 0 spiro atoms. The standard InChI is InChI=1S/C13H22N4/c1-3-15-12-8-14-9-13(17-12)16-7-11-5-4-10(2)6-11/h8-11H,3-7H2,1-2H3,(H2,15,16,17). The van der Waals surface area contributed by atoms with Crippen molar-refractivity contribution in [2.75, 3.05) is 23.7 Å². The number of aromatic nitrogens is 2. The van der Waals surface area contributed by atoms with Crippen molar-refractivity contribution in [2.24, 2.45) is 11.8 Å². The molecule has 1 aliphatic carbocycles. The first-order valence-corrected chi connectivity index (χ1v) is 6.57. The van der Waals surface area contributed by atoms with Gasteiger partial charge in [0.25, 0.3) is 0 Å². The monoisotopic (exact) mass is 234 g/mol. The van der Waals surface area contributed by atoms with Crippen molar-refractivity contribution in [3.63, 3.8) is 0 Å². The highest BCUT2D eigenvalue weighted by Crippen LogP contribution is 2.30. The third-order valence-electron chi connectivity index (χ3n) is 3.37. The third-order valence-corrected chi connectivity index (χ3v) is 3.37. The molecule has 2 rings (SSSR count). The van der Waals surface area contributed by atoms with Gasteiger partial charge < -0.3 is 10.6 Å². The zero-order valence-corrected chi connectivity index (χ0v) is 10.7. The van der Waals surface area contributed by atoms with Gasteiger partial charge in [-0.15, -0.1) is 0 Å². The minimum atomic E-state index is 0.801. The Balaban J connectivity index is 1.83. The van der Waals surface area contributed by atoms with E-state index in [0.29, 0.717) is 0 Å². The predicted molar refractivity (Wildman–Crippen MR) is 71.2 cm³/mol. The molecule has 0 aliphatic heterocycles. The van der Waals surface area contributed by atoms with Crippen LogP contribution in [0.1, 0.15) is 33.1 Å². The lowest BCUT2D eigenvalue weighted by Crippen LogP contribution is -2.13. The largest absolute Gasteiger partial charge is 0.369 e. The van der Waals surface area contributed by atoms with Gasteiger partial charge in [-0.2, -0.15) is 0 Å². The van der Waals surface area contributed by atoms with Crippen molar-refractivity contribution in [3.8, 4) is 0 Å². The fourth-order valence-corrected chi connectivity index (χ4v) is 2.48. The summed E-state index contributed by atoms with van der Waals surface area (Å²) in [6.07, 6.45) is 7.60. The summed E-state index contributed by atoms with van der Waals surface area (Å²) in [5, 5.41) is 6.56. The van der Waals surface area contributed by atoms with E-state index in [1.165, 1.54) is 19.3 Å². The first-order valence-electron chi connectivity index (χ1n) is 6.57. The highest BCUT2D eigenvalue weighted by molar-refractivity contribution is 5.41. The maximum Gasteiger partial charge on any atom is 0.146 e. The molecule has 0 aromatic carbocycles. The molecule has 1 fully saturated rings. The maximum absolute atomic E-state index is 4.46. The maximum atomic E-state index is 4.46. The molecule has 1 saturated carbocycles. The van der Waals surface area contributed by atoms with Crippen LogP contribution in [-0.4, -0.2) is 23.1 Å². The molecule has 1 heterocycles. The highest BCUT2D eigenvalue weighted by Gasteiger charge is 2.20. The predicted octanol–water partition coefficient (Wildman–Crippen LogP) is 2.76. The van der Waals surface area contributed by atoms with Crippen molar-refractivity contribution in [2.45, 2.75) is 33.1 Å². The van der Waals surface area contributed by atoms with Gasteiger partial charge >= 0.3 is 0 Å². The number of hydrogen-bond donors (Lipinski definition) is 2. The third kappa shape index (κ3) is 3.58. The summed E-state index contributed by atoms with van der Waals surface area (Å²) in [6.45, 7) is 6.29. The van der Waals surface area contributed by atoms with E-state index in [4.69, 9.17) is 0 Å². The Kier molecular flexibility index (Phi) is 4.18. The van der Waals surface area contributed by atoms with Gasteiger partial charge in [0.1, 0.15) is 11.6 Å². The van der Waals surface area contributed by atoms with Gasteiger partial charge in [0, 0.05) is 13.1 Å². The van der Waals surface area contributed by atoms with E-state index in [9.17, 15) is 0 Å². The van der Waals surface area contributed by atoms with E-state index in [0.717, 1.165) is 36.6 Å². The van der Waals surface area contributed by atoms with Crippen molar-refractivity contribution >= 4 is 11.6 Å². The Hall–Kier alpha value is -1.32. The van der Waals surface area contributed by atoms with E-state index in [2.05, 4.69) is 34.4 Å². The zero-order valence-electron chi connectivity index (χ0n) is 10.7. The van der Waals surface area contributed by atoms with Crippen molar-refractivity contribution in [1.82, 2.24) is 9.97 Å². The van der Waals surface area contributed by atoms with Crippen LogP contribution in [0.3, 0.4) is 0 Å². The zero-order chi connectivity index (χ0) is 12.1. The second-order valence-electron chi connectivity index (χ2n) is 4.99. The van der Waals surface area contributed by atoms with E-state index in [1.807, 2.05) is 0 Å². The van der Waals surface area contributed by atoms with Crippen LogP contribution in [0.25, 0.3) is 0 Å². The van der Waals surface area contributed by atoms with Gasteiger partial charge in [0.2, 0.25) is 0 Å². The molecule has 2 atom stereocenters. The van der Waals surface area contributed by atoms with Crippen molar-refractivity contribution in [3.05, 3.63) is 12.4 Å². The van der Waals surface area contributed by atoms with E-state index in [-0.39, 0.29) is 0 Å². The number of rotatable bonds is 5. The van der Waals surface area contributed by atoms with Crippen LogP contribution in [0.5, 0.6) is 0 Å². The van der Waals surface area contributed by atoms with E-state index < -0.39 is 0 Å². The smallest absolute Gasteiger partial charge is 0.146 e. The Morgan fingerprint density at radius 2 is 2.00 bits per heavy atom. The molecule has 1 aromatic rings. The molecule has 1 aromatic heterocycles. The van der Waals surface area contributed by atoms with Crippen LogP contribution >= 0.6 is 0 Å². The van der Waals surface area contributed by atoms with Crippen LogP contribution in [0.15, 0.2) is 12.4 Å². The first kappa shape index (κ1) is 12.1. The molecular weight excluding hydrogens is 212 g/mol. The summed E-state index contributed by atoms with van der Waals surface area (Å²) >= 11 is 0. The molecule has 1 aliphatic rings. The van der Waals surface area contributed by atoms with Gasteiger partial charge in [-0.1, -0.05) is 13.3 Å².